The number of halogens is 2. The van der Waals surface area contributed by atoms with Crippen molar-refractivity contribution in [2.45, 2.75) is 69.6 Å². The summed E-state index contributed by atoms with van der Waals surface area (Å²) in [5, 5.41) is 18.9. The zero-order valence-electron chi connectivity index (χ0n) is 20.2. The molecule has 0 aliphatic heterocycles. The molecular weight excluding hydrogens is 468 g/mol. The van der Waals surface area contributed by atoms with Gasteiger partial charge in [0.1, 0.15) is 17.2 Å². The van der Waals surface area contributed by atoms with E-state index in [4.69, 9.17) is 4.98 Å². The molecule has 0 saturated heterocycles. The van der Waals surface area contributed by atoms with Crippen LogP contribution >= 0.6 is 0 Å². The monoisotopic (exact) mass is 499 g/mol. The lowest BCUT2D eigenvalue weighted by molar-refractivity contribution is -0.125. The van der Waals surface area contributed by atoms with Gasteiger partial charge in [-0.3, -0.25) is 9.36 Å². The normalized spacial score (nSPS) is 24.4. The molecule has 2 aliphatic carbocycles. The zero-order chi connectivity index (χ0) is 25.2. The Balaban J connectivity index is 1.47. The first-order chi connectivity index (χ1) is 17.4. The molecule has 5 rings (SSSR count). The number of anilines is 3. The Hall–Kier alpha value is -3.34. The van der Waals surface area contributed by atoms with Crippen molar-refractivity contribution in [3.63, 3.8) is 0 Å². The molecule has 1 amide bonds. The van der Waals surface area contributed by atoms with Crippen LogP contribution in [-0.4, -0.2) is 49.7 Å². The van der Waals surface area contributed by atoms with Gasteiger partial charge in [-0.15, -0.1) is 0 Å². The van der Waals surface area contributed by atoms with E-state index in [0.29, 0.717) is 23.1 Å². The van der Waals surface area contributed by atoms with E-state index < -0.39 is 11.6 Å². The quantitative estimate of drug-likeness (QED) is 0.404. The molecule has 11 heteroatoms. The molecule has 2 fully saturated rings. The van der Waals surface area contributed by atoms with Crippen molar-refractivity contribution in [3.8, 4) is 0 Å². The molecule has 0 radical (unpaired) electrons. The highest BCUT2D eigenvalue weighted by atomic mass is 19.1. The number of aromatic nitrogens is 4. The number of amides is 1. The van der Waals surface area contributed by atoms with Crippen LogP contribution in [-0.2, 0) is 4.79 Å². The van der Waals surface area contributed by atoms with Gasteiger partial charge < -0.3 is 21.1 Å². The molecule has 0 spiro atoms. The maximum absolute atomic E-state index is 14.5. The Labute approximate surface area is 207 Å². The van der Waals surface area contributed by atoms with E-state index >= 15 is 0 Å². The second-order valence-corrected chi connectivity index (χ2v) is 9.73. The predicted octanol–water partition coefficient (Wildman–Crippen LogP) is 4.04. The first-order valence-electron chi connectivity index (χ1n) is 12.5. The fraction of sp³-hybridized carbons (Fsp3) is 0.520. The third-order valence-electron chi connectivity index (χ3n) is 7.32. The van der Waals surface area contributed by atoms with Crippen molar-refractivity contribution < 1.29 is 18.7 Å². The Morgan fingerprint density at radius 1 is 1.06 bits per heavy atom. The number of nitrogens with zero attached hydrogens (tertiary/aromatic N) is 4. The summed E-state index contributed by atoms with van der Waals surface area (Å²) in [5.41, 5.74) is 1.27. The fourth-order valence-corrected chi connectivity index (χ4v) is 5.31. The summed E-state index contributed by atoms with van der Waals surface area (Å²) in [4.78, 5) is 26.0. The Bertz CT molecular complexity index is 1230. The number of nitrogens with one attached hydrogen (secondary N) is 3. The lowest BCUT2D eigenvalue weighted by atomic mass is 9.85. The van der Waals surface area contributed by atoms with Gasteiger partial charge in [-0.25, -0.2) is 18.7 Å². The molecule has 2 aromatic heterocycles. The largest absolute Gasteiger partial charge is 0.393 e. The molecule has 9 nitrogen and oxygen atoms in total. The van der Waals surface area contributed by atoms with Crippen molar-refractivity contribution in [3.05, 3.63) is 36.0 Å². The summed E-state index contributed by atoms with van der Waals surface area (Å²) < 4.78 is 29.9. The Morgan fingerprint density at radius 2 is 1.81 bits per heavy atom. The molecule has 4 N–H and O–H groups in total. The number of hydrogen-bond acceptors (Lipinski definition) is 7. The minimum Gasteiger partial charge on any atom is -0.393 e. The van der Waals surface area contributed by atoms with Gasteiger partial charge in [0.15, 0.2) is 5.65 Å². The highest BCUT2D eigenvalue weighted by Crippen LogP contribution is 2.37. The van der Waals surface area contributed by atoms with Crippen LogP contribution < -0.4 is 16.0 Å². The molecule has 36 heavy (non-hydrogen) atoms. The maximum Gasteiger partial charge on any atom is 0.224 e. The van der Waals surface area contributed by atoms with Gasteiger partial charge in [-0.2, -0.15) is 4.98 Å². The Morgan fingerprint density at radius 3 is 2.50 bits per heavy atom. The lowest BCUT2D eigenvalue weighted by Crippen LogP contribution is -2.31. The molecule has 0 bridgehead atoms. The van der Waals surface area contributed by atoms with Gasteiger partial charge in [0.25, 0.3) is 0 Å². The van der Waals surface area contributed by atoms with Crippen molar-refractivity contribution in [1.29, 1.82) is 0 Å². The molecule has 1 aromatic carbocycles. The van der Waals surface area contributed by atoms with Crippen molar-refractivity contribution >= 4 is 34.7 Å². The van der Waals surface area contributed by atoms with E-state index in [0.717, 1.165) is 57.4 Å². The third kappa shape index (κ3) is 5.11. The van der Waals surface area contributed by atoms with Crippen LogP contribution in [0.4, 0.5) is 26.4 Å². The molecule has 0 unspecified atom stereocenters. The maximum atomic E-state index is 14.5. The summed E-state index contributed by atoms with van der Waals surface area (Å²) in [6.07, 6.45) is 7.44. The summed E-state index contributed by atoms with van der Waals surface area (Å²) in [6.45, 7) is 0. The number of aliphatic hydroxyl groups is 1. The summed E-state index contributed by atoms with van der Waals surface area (Å²) >= 11 is 0. The number of hydrogen-bond donors (Lipinski definition) is 4. The summed E-state index contributed by atoms with van der Waals surface area (Å²) in [5.74, 6) is -0.502. The number of carbonyl (C=O) groups is 1. The molecule has 0 atom stereocenters. The van der Waals surface area contributed by atoms with E-state index in [1.165, 1.54) is 12.1 Å². The topological polar surface area (TPSA) is 117 Å². The van der Waals surface area contributed by atoms with Gasteiger partial charge in [0, 0.05) is 31.1 Å². The summed E-state index contributed by atoms with van der Waals surface area (Å²) in [7, 11) is 1.65. The zero-order valence-corrected chi connectivity index (χ0v) is 20.2. The van der Waals surface area contributed by atoms with Crippen molar-refractivity contribution in [2.75, 3.05) is 17.7 Å². The van der Waals surface area contributed by atoms with E-state index in [9.17, 15) is 18.7 Å². The number of carbonyl (C=O) groups excluding carboxylic acids is 1. The van der Waals surface area contributed by atoms with Gasteiger partial charge in [-0.05, 0) is 63.5 Å². The molecular formula is C25H31F2N7O2. The first-order valence-corrected chi connectivity index (χ1v) is 12.5. The number of imidazole rings is 1. The van der Waals surface area contributed by atoms with E-state index in [2.05, 4.69) is 25.9 Å². The number of aliphatic hydroxyl groups excluding tert-OH is 1. The molecule has 2 saturated carbocycles. The van der Waals surface area contributed by atoms with Gasteiger partial charge in [-0.1, -0.05) is 0 Å². The van der Waals surface area contributed by atoms with E-state index in [1.54, 1.807) is 13.2 Å². The second-order valence-electron chi connectivity index (χ2n) is 9.73. The smallest absolute Gasteiger partial charge is 0.224 e. The average Bonchev–Trinajstić information content (AvgIpc) is 3.24. The molecule has 192 valence electrons. The highest BCUT2D eigenvalue weighted by Gasteiger charge is 2.30. The summed E-state index contributed by atoms with van der Waals surface area (Å²) in [6, 6.07) is 3.53. The molecule has 3 aromatic rings. The standard InChI is InChI=1S/C25H31F2N7O2/c1-28-23(36)14-2-7-17(8-3-14)34-22-21(32-25(34)31-20-11-4-15(26)12-19(20)27)13-29-24(33-22)30-16-5-9-18(35)10-6-16/h4,11-14,16-18,35H,2-3,5-10H2,1H3,(H,28,36)(H,31,32)(H,29,30,33)/t14-,16-,17+,18-. The SMILES string of the molecule is CNC(=O)[C@H]1CC[C@@H](n2c(Nc3ccc(F)cc3F)nc3cnc(N[C@H]4CC[C@H](O)CC4)nc32)CC1. The van der Waals surface area contributed by atoms with E-state index in [1.807, 2.05) is 4.57 Å². The fourth-order valence-electron chi connectivity index (χ4n) is 5.31. The van der Waals surface area contributed by atoms with Crippen LogP contribution in [0, 0.1) is 17.6 Å². The average molecular weight is 500 g/mol. The van der Waals surface area contributed by atoms with Crippen molar-refractivity contribution in [2.24, 2.45) is 5.92 Å². The Kier molecular flexibility index (Phi) is 6.99. The number of fused-ring (bicyclic) bond motifs is 1. The predicted molar refractivity (Wildman–Crippen MR) is 132 cm³/mol. The molecule has 2 heterocycles. The first kappa shape index (κ1) is 24.4. The van der Waals surface area contributed by atoms with Gasteiger partial charge in [0.05, 0.1) is 18.0 Å². The van der Waals surface area contributed by atoms with E-state index in [-0.39, 0.29) is 35.7 Å². The van der Waals surface area contributed by atoms with Gasteiger partial charge in [0.2, 0.25) is 17.8 Å². The third-order valence-corrected chi connectivity index (χ3v) is 7.32. The number of rotatable bonds is 6. The highest BCUT2D eigenvalue weighted by molar-refractivity contribution is 5.79. The minimum absolute atomic E-state index is 0.00510. The van der Waals surface area contributed by atoms with Crippen molar-refractivity contribution in [1.82, 2.24) is 24.8 Å². The van der Waals surface area contributed by atoms with Crippen LogP contribution in [0.5, 0.6) is 0 Å². The lowest BCUT2D eigenvalue weighted by Gasteiger charge is -2.29. The van der Waals surface area contributed by atoms with Gasteiger partial charge >= 0.3 is 0 Å². The second kappa shape index (κ2) is 10.3. The van der Waals surface area contributed by atoms with Crippen LogP contribution in [0.3, 0.4) is 0 Å². The minimum atomic E-state index is -0.718. The molecule has 2 aliphatic rings. The van der Waals surface area contributed by atoms with Crippen LogP contribution in [0.2, 0.25) is 0 Å². The number of benzene rings is 1. The van der Waals surface area contributed by atoms with Crippen LogP contribution in [0.25, 0.3) is 11.2 Å². The van der Waals surface area contributed by atoms with Crippen LogP contribution in [0.1, 0.15) is 57.4 Å². The van der Waals surface area contributed by atoms with Crippen LogP contribution in [0.15, 0.2) is 24.4 Å².